The molecule has 1 fully saturated rings. The molecule has 1 N–H and O–H groups in total. The number of aromatic nitrogens is 4. The zero-order chi connectivity index (χ0) is 31.5. The van der Waals surface area contributed by atoms with Crippen molar-refractivity contribution in [3.63, 3.8) is 0 Å². The molecule has 0 bridgehead atoms. The van der Waals surface area contributed by atoms with Gasteiger partial charge in [0.25, 0.3) is 11.5 Å². The highest BCUT2D eigenvalue weighted by atomic mass is 28.4. The number of nitrogens with zero attached hydrogens (tertiary/aromatic N) is 4. The quantitative estimate of drug-likeness (QED) is 0.262. The molecule has 2 aromatic rings. The first-order valence-electron chi connectivity index (χ1n) is 14.7. The van der Waals surface area contributed by atoms with Gasteiger partial charge in [-0.25, -0.2) is 4.57 Å². The van der Waals surface area contributed by atoms with E-state index < -0.39 is 47.7 Å². The van der Waals surface area contributed by atoms with E-state index in [1.807, 2.05) is 22.5 Å². The predicted octanol–water partition coefficient (Wildman–Crippen LogP) is 5.21. The standard InChI is InChI=1S/C26H55N5O5Si5/c1-29-18-30(23-20(29)24(32)28-26(27-23)31(37(2,3)4)38(5,6)7)25-22(36-41(14,15)16)21(35-40(11,12)13)19(34-25)17-33-39(8,9)10/h18-19,21-22,25H,17H2,1-16H3/p+1. The van der Waals surface area contributed by atoms with Gasteiger partial charge in [0.05, 0.1) is 13.7 Å². The van der Waals surface area contributed by atoms with Gasteiger partial charge in [0.2, 0.25) is 11.7 Å². The maximum atomic E-state index is 13.6. The molecule has 234 valence electrons. The van der Waals surface area contributed by atoms with Gasteiger partial charge in [-0.3, -0.25) is 14.3 Å². The fourth-order valence-corrected chi connectivity index (χ4v) is 18.0. The largest absolute Gasteiger partial charge is 0.415 e. The van der Waals surface area contributed by atoms with Crippen LogP contribution in [0.5, 0.6) is 0 Å². The number of anilines is 1. The normalized spacial score (nSPS) is 23.0. The Morgan fingerprint density at radius 2 is 1.39 bits per heavy atom. The van der Waals surface area contributed by atoms with Gasteiger partial charge in [0, 0.05) is 0 Å². The molecule has 0 amide bonds. The molecule has 10 nitrogen and oxygen atoms in total. The van der Waals surface area contributed by atoms with Gasteiger partial charge in [0.1, 0.15) is 34.8 Å². The van der Waals surface area contributed by atoms with E-state index in [-0.39, 0.29) is 23.9 Å². The van der Waals surface area contributed by atoms with Crippen molar-refractivity contribution < 1.29 is 22.6 Å². The molecule has 4 unspecified atom stereocenters. The van der Waals surface area contributed by atoms with Crippen LogP contribution in [0.4, 0.5) is 5.95 Å². The van der Waals surface area contributed by atoms with Gasteiger partial charge in [-0.2, -0.15) is 0 Å². The van der Waals surface area contributed by atoms with E-state index in [0.29, 0.717) is 23.7 Å². The molecule has 0 saturated carbocycles. The smallest absolute Gasteiger partial charge is 0.313 e. The lowest BCUT2D eigenvalue weighted by atomic mass is 10.1. The number of hydrogen-bond acceptors (Lipinski definition) is 7. The van der Waals surface area contributed by atoms with Crippen LogP contribution >= 0.6 is 0 Å². The summed E-state index contributed by atoms with van der Waals surface area (Å²) >= 11 is 0. The average molecular weight is 659 g/mol. The molecule has 41 heavy (non-hydrogen) atoms. The number of rotatable bonds is 11. The molecule has 4 atom stereocenters. The fourth-order valence-electron chi connectivity index (χ4n) is 5.66. The summed E-state index contributed by atoms with van der Waals surface area (Å²) in [6.45, 7) is 34.0. The van der Waals surface area contributed by atoms with Crippen molar-refractivity contribution >= 4 is 58.5 Å². The second-order valence-corrected chi connectivity index (χ2v) is 39.7. The van der Waals surface area contributed by atoms with Crippen LogP contribution in [0, 0.1) is 0 Å². The molecular weight excluding hydrogens is 603 g/mol. The van der Waals surface area contributed by atoms with Crippen molar-refractivity contribution in [2.24, 2.45) is 7.05 Å². The first kappa shape index (κ1) is 34.6. The summed E-state index contributed by atoms with van der Waals surface area (Å²) in [4.78, 5) is 21.9. The highest BCUT2D eigenvalue weighted by molar-refractivity contribution is 6.99. The number of nitrogens with one attached hydrogen (secondary N) is 1. The van der Waals surface area contributed by atoms with Crippen LogP contribution in [-0.2, 0) is 25.1 Å². The summed E-state index contributed by atoms with van der Waals surface area (Å²) in [5.74, 6) is 0.648. The molecule has 0 aliphatic carbocycles. The predicted molar refractivity (Wildman–Crippen MR) is 180 cm³/mol. The van der Waals surface area contributed by atoms with E-state index in [4.69, 9.17) is 23.0 Å². The topological polar surface area (TPSA) is 94.7 Å². The van der Waals surface area contributed by atoms with Crippen LogP contribution in [0.1, 0.15) is 6.23 Å². The summed E-state index contributed by atoms with van der Waals surface area (Å²) in [5, 5.41) is 0. The maximum Gasteiger partial charge on any atom is 0.313 e. The number of aryl methyl sites for hydroxylation is 1. The Hall–Kier alpha value is -0.926. The lowest BCUT2D eigenvalue weighted by molar-refractivity contribution is -0.745. The molecule has 1 aliphatic rings. The van der Waals surface area contributed by atoms with Crippen LogP contribution in [0.2, 0.25) is 98.2 Å². The van der Waals surface area contributed by atoms with Crippen molar-refractivity contribution in [1.29, 1.82) is 0 Å². The third-order valence-corrected chi connectivity index (χ3v) is 16.7. The summed E-state index contributed by atoms with van der Waals surface area (Å²) in [6.07, 6.45) is 0.442. The minimum atomic E-state index is -2.04. The van der Waals surface area contributed by atoms with Crippen LogP contribution < -0.4 is 14.4 Å². The SMILES string of the molecule is Cn1c[n+](C2OC(CO[Si](C)(C)C)C(O[Si](C)(C)C)C2O[Si](C)(C)C)c2nc(N([Si](C)(C)C)[Si](C)(C)C)[nH]c(=O)c21. The number of H-pyrrole nitrogens is 1. The zero-order valence-corrected chi connectivity index (χ0v) is 33.4. The van der Waals surface area contributed by atoms with E-state index in [0.717, 1.165) is 0 Å². The number of aromatic amines is 1. The van der Waals surface area contributed by atoms with Gasteiger partial charge < -0.3 is 22.2 Å². The average Bonchev–Trinajstić information content (AvgIpc) is 3.19. The van der Waals surface area contributed by atoms with E-state index in [2.05, 4.69) is 107 Å². The van der Waals surface area contributed by atoms with E-state index in [1.165, 1.54) is 0 Å². The number of hydrogen-bond donors (Lipinski definition) is 1. The Morgan fingerprint density at radius 3 is 1.85 bits per heavy atom. The first-order chi connectivity index (χ1) is 18.3. The van der Waals surface area contributed by atoms with Crippen LogP contribution in [0.3, 0.4) is 0 Å². The number of fused-ring (bicyclic) bond motifs is 1. The van der Waals surface area contributed by atoms with Crippen LogP contribution in [0.15, 0.2) is 11.1 Å². The Kier molecular flexibility index (Phi) is 9.72. The monoisotopic (exact) mass is 658 g/mol. The Morgan fingerprint density at radius 1 is 0.878 bits per heavy atom. The molecule has 1 aliphatic heterocycles. The summed E-state index contributed by atoms with van der Waals surface area (Å²) in [7, 11) is -7.68. The van der Waals surface area contributed by atoms with E-state index in [1.54, 1.807) is 0 Å². The molecule has 1 saturated heterocycles. The highest BCUT2D eigenvalue weighted by Gasteiger charge is 2.53. The zero-order valence-electron chi connectivity index (χ0n) is 28.4. The molecule has 0 aromatic carbocycles. The second kappa shape index (κ2) is 11.5. The number of imidazole rings is 1. The summed E-state index contributed by atoms with van der Waals surface area (Å²) in [5.41, 5.74) is 0.960. The van der Waals surface area contributed by atoms with E-state index in [9.17, 15) is 4.79 Å². The lowest BCUT2D eigenvalue weighted by Crippen LogP contribution is -2.60. The Balaban J connectivity index is 2.25. The minimum Gasteiger partial charge on any atom is -0.415 e. The lowest BCUT2D eigenvalue weighted by Gasteiger charge is -2.42. The number of ether oxygens (including phenoxy) is 1. The van der Waals surface area contributed by atoms with Crippen molar-refractivity contribution in [1.82, 2.24) is 14.5 Å². The first-order valence-corrected chi connectivity index (χ1v) is 31.9. The van der Waals surface area contributed by atoms with Crippen molar-refractivity contribution in [2.45, 2.75) is 123 Å². The summed E-state index contributed by atoms with van der Waals surface area (Å²) < 4.78 is 33.2. The third kappa shape index (κ3) is 8.59. The second-order valence-electron chi connectivity index (χ2n) is 16.3. The molecule has 0 radical (unpaired) electrons. The Bertz CT molecular complexity index is 1270. The highest BCUT2D eigenvalue weighted by Crippen LogP contribution is 2.36. The van der Waals surface area contributed by atoms with Crippen molar-refractivity contribution in [2.75, 3.05) is 10.8 Å². The van der Waals surface area contributed by atoms with Crippen LogP contribution in [0.25, 0.3) is 11.2 Å². The van der Waals surface area contributed by atoms with Gasteiger partial charge in [-0.15, -0.1) is 0 Å². The van der Waals surface area contributed by atoms with Gasteiger partial charge in [-0.1, -0.05) is 44.3 Å². The summed E-state index contributed by atoms with van der Waals surface area (Å²) in [6, 6.07) is 0. The molecule has 15 heteroatoms. The molecule has 0 spiro atoms. The van der Waals surface area contributed by atoms with Gasteiger partial charge >= 0.3 is 5.65 Å². The van der Waals surface area contributed by atoms with Crippen molar-refractivity contribution in [3.8, 4) is 0 Å². The van der Waals surface area contributed by atoms with Crippen molar-refractivity contribution in [3.05, 3.63) is 16.7 Å². The van der Waals surface area contributed by atoms with Gasteiger partial charge in [-0.05, 0) is 58.9 Å². The molecular formula is C26H56N5O5Si5+. The third-order valence-electron chi connectivity index (χ3n) is 6.53. The molecule has 3 rings (SSSR count). The minimum absolute atomic E-state index is 0.151. The molecule has 3 heterocycles. The fraction of sp³-hybridized carbons (Fsp3) is 0.808. The maximum absolute atomic E-state index is 13.6. The van der Waals surface area contributed by atoms with Crippen LogP contribution in [-0.4, -0.2) is 80.9 Å². The van der Waals surface area contributed by atoms with Gasteiger partial charge in [0.15, 0.2) is 31.3 Å². The molecule has 2 aromatic heterocycles. The Labute approximate surface area is 252 Å². The van der Waals surface area contributed by atoms with E-state index >= 15 is 0 Å².